The second kappa shape index (κ2) is 35.3. The van der Waals surface area contributed by atoms with Gasteiger partial charge in [-0.25, -0.2) is 24.0 Å². The van der Waals surface area contributed by atoms with E-state index in [9.17, 15) is 24.0 Å². The number of alkyl carbamates (subject to hydrolysis) is 5. The lowest BCUT2D eigenvalue weighted by molar-refractivity contribution is 0.0512. The summed E-state index contributed by atoms with van der Waals surface area (Å²) < 4.78 is 25.6. The number of hydrogen-bond acceptors (Lipinski definition) is 15. The van der Waals surface area contributed by atoms with Crippen molar-refractivity contribution < 1.29 is 47.7 Å². The number of para-hydroxylation sites is 1. The van der Waals surface area contributed by atoms with Crippen molar-refractivity contribution in [1.29, 1.82) is 0 Å². The topological polar surface area (TPSA) is 322 Å². The maximum Gasteiger partial charge on any atom is 0.407 e. The average Bonchev–Trinajstić information content (AvgIpc) is 3.33. The molecule has 5 aromatic rings. The number of anilines is 5. The predicted octanol–water partition coefficient (Wildman–Crippen LogP) is 11.6. The number of carbonyl (C=O) groups is 5. The molecule has 0 radical (unpaired) electrons. The molecule has 0 spiro atoms. The Bertz CT molecular complexity index is 2720. The maximum absolute atomic E-state index is 11.4. The monoisotopic (exact) mass is 1150 g/mol. The average molecular weight is 1150 g/mol. The first kappa shape index (κ1) is 72.5. The van der Waals surface area contributed by atoms with Gasteiger partial charge in [0, 0.05) is 61.2 Å². The number of benzene rings is 5. The highest BCUT2D eigenvalue weighted by molar-refractivity contribution is 5.69. The molecule has 0 heterocycles. The molecule has 20 heteroatoms. The van der Waals surface area contributed by atoms with E-state index in [2.05, 4.69) is 26.6 Å². The Morgan fingerprint density at radius 1 is 0.325 bits per heavy atom. The van der Waals surface area contributed by atoms with Crippen LogP contribution in [0.5, 0.6) is 0 Å². The molecule has 5 aromatic carbocycles. The molecule has 15 N–H and O–H groups in total. The van der Waals surface area contributed by atoms with Gasteiger partial charge in [0.2, 0.25) is 0 Å². The van der Waals surface area contributed by atoms with E-state index in [1.54, 1.807) is 18.2 Å². The molecule has 0 aliphatic carbocycles. The third-order valence-corrected chi connectivity index (χ3v) is 9.81. The molecular weight excluding hydrogens is 1060 g/mol. The zero-order valence-corrected chi connectivity index (χ0v) is 51.7. The van der Waals surface area contributed by atoms with Crippen molar-refractivity contribution in [3.63, 3.8) is 0 Å². The summed E-state index contributed by atoms with van der Waals surface area (Å²) in [5, 5.41) is 13.5. The van der Waals surface area contributed by atoms with Gasteiger partial charge in [-0.2, -0.15) is 0 Å². The van der Waals surface area contributed by atoms with Gasteiger partial charge in [-0.05, 0) is 206 Å². The molecule has 0 aliphatic heterocycles. The summed E-state index contributed by atoms with van der Waals surface area (Å²) in [4.78, 5) is 56.8. The third kappa shape index (κ3) is 41.2. The molecule has 5 rings (SSSR count). The second-order valence-corrected chi connectivity index (χ2v) is 23.9. The lowest BCUT2D eigenvalue weighted by Crippen LogP contribution is -2.33. The van der Waals surface area contributed by atoms with E-state index in [1.165, 1.54) is 0 Å². The normalized spacial score (nSPS) is 11.0. The van der Waals surface area contributed by atoms with Crippen molar-refractivity contribution >= 4 is 58.9 Å². The van der Waals surface area contributed by atoms with Crippen LogP contribution in [0.3, 0.4) is 0 Å². The number of carbonyl (C=O) groups excluding carboxylic acids is 5. The van der Waals surface area contributed by atoms with Gasteiger partial charge in [-0.15, -0.1) is 0 Å². The molecular formula is C63H96N10O10. The number of amides is 5. The van der Waals surface area contributed by atoms with Gasteiger partial charge in [-0.1, -0.05) is 66.7 Å². The lowest BCUT2D eigenvalue weighted by Gasteiger charge is -2.19. The summed E-state index contributed by atoms with van der Waals surface area (Å²) in [6, 6.07) is 37.5. The number of rotatable bonds is 13. The van der Waals surface area contributed by atoms with Crippen LogP contribution in [-0.2, 0) is 56.0 Å². The molecule has 0 saturated heterocycles. The first-order valence-electron chi connectivity index (χ1n) is 27.4. The van der Waals surface area contributed by atoms with Gasteiger partial charge < -0.3 is 78.9 Å². The van der Waals surface area contributed by atoms with Crippen molar-refractivity contribution in [3.8, 4) is 0 Å². The number of nitrogens with two attached hydrogens (primary N) is 5. The fourth-order valence-corrected chi connectivity index (χ4v) is 6.37. The maximum atomic E-state index is 11.4. The Labute approximate surface area is 493 Å². The highest BCUT2D eigenvalue weighted by Gasteiger charge is 2.19. The summed E-state index contributed by atoms with van der Waals surface area (Å²) in [6.07, 6.45) is 0.205. The standard InChI is InChI=1S/3C13H20N2O2.2C12H18N2O2/c1-13(2,3)17-12(16)15-9-8-10-4-6-11(14)7-5-10;1-13(2,3)17-12(16)15-8-7-10-5-4-6-11(14)9-10;1-13(2,3)17-12(16)15-9-8-10-6-4-5-7-11(10)14;1-12(2,3)16-11(15)14-8-9-4-6-10(13)7-5-9;1-12(2,3)16-11(15)14-8-9-5-4-6-10(13)7-9/h4-7H,8-9,14H2,1-3H3,(H,15,16);4-6,9H,7-8,14H2,1-3H3,(H,15,16);4-7H,8-9,14H2,1-3H3,(H,15,16);2*4-7H,8,13H2,1-3H3,(H,14,15). The first-order valence-corrected chi connectivity index (χ1v) is 27.4. The zero-order chi connectivity index (χ0) is 63.0. The molecule has 0 aromatic heterocycles. The van der Waals surface area contributed by atoms with Gasteiger partial charge in [0.25, 0.3) is 0 Å². The fourth-order valence-electron chi connectivity index (χ4n) is 6.37. The first-order chi connectivity index (χ1) is 38.3. The van der Waals surface area contributed by atoms with Crippen molar-refractivity contribution in [3.05, 3.63) is 149 Å². The minimum atomic E-state index is -0.472. The highest BCUT2D eigenvalue weighted by Crippen LogP contribution is 2.14. The molecule has 5 amide bonds. The van der Waals surface area contributed by atoms with E-state index in [-0.39, 0.29) is 12.2 Å². The van der Waals surface area contributed by atoms with Crippen molar-refractivity contribution in [2.75, 3.05) is 48.3 Å². The van der Waals surface area contributed by atoms with E-state index in [0.717, 1.165) is 57.7 Å². The van der Waals surface area contributed by atoms with Crippen LogP contribution in [0.1, 0.15) is 132 Å². The molecule has 0 saturated carbocycles. The number of nitrogen functional groups attached to an aromatic ring is 5. The van der Waals surface area contributed by atoms with Crippen LogP contribution in [0.4, 0.5) is 52.4 Å². The fraction of sp³-hybridized carbons (Fsp3) is 0.444. The zero-order valence-electron chi connectivity index (χ0n) is 51.7. The number of nitrogens with one attached hydrogen (secondary N) is 5. The molecule has 458 valence electrons. The van der Waals surface area contributed by atoms with Crippen LogP contribution >= 0.6 is 0 Å². The van der Waals surface area contributed by atoms with Crippen molar-refractivity contribution in [2.24, 2.45) is 0 Å². The van der Waals surface area contributed by atoms with E-state index in [1.807, 2.05) is 207 Å². The summed E-state index contributed by atoms with van der Waals surface area (Å²) in [5.74, 6) is 0. The molecule has 20 nitrogen and oxygen atoms in total. The molecule has 0 bridgehead atoms. The van der Waals surface area contributed by atoms with Crippen LogP contribution in [0.15, 0.2) is 121 Å². The van der Waals surface area contributed by atoms with Crippen LogP contribution < -0.4 is 55.3 Å². The highest BCUT2D eigenvalue weighted by atomic mass is 16.6. The SMILES string of the molecule is CC(C)(C)OC(=O)NCCc1ccc(N)cc1.CC(C)(C)OC(=O)NCCc1cccc(N)c1.CC(C)(C)OC(=O)NCCc1ccccc1N.CC(C)(C)OC(=O)NCc1ccc(N)cc1.CC(C)(C)OC(=O)NCc1cccc(N)c1. The Balaban J connectivity index is 0.000000519. The van der Waals surface area contributed by atoms with E-state index in [4.69, 9.17) is 52.4 Å². The number of hydrogen-bond donors (Lipinski definition) is 10. The minimum Gasteiger partial charge on any atom is -0.444 e. The van der Waals surface area contributed by atoms with Crippen LogP contribution in [-0.4, -0.2) is 78.1 Å². The summed E-state index contributed by atoms with van der Waals surface area (Å²) in [6.45, 7) is 30.0. The van der Waals surface area contributed by atoms with Crippen LogP contribution in [0.2, 0.25) is 0 Å². The van der Waals surface area contributed by atoms with Crippen molar-refractivity contribution in [2.45, 2.75) is 164 Å². The summed E-state index contributed by atoms with van der Waals surface area (Å²) in [7, 11) is 0. The minimum absolute atomic E-state index is 0.382. The van der Waals surface area contributed by atoms with E-state index < -0.39 is 46.3 Å². The second-order valence-electron chi connectivity index (χ2n) is 23.9. The predicted molar refractivity (Wildman–Crippen MR) is 334 cm³/mol. The summed E-state index contributed by atoms with van der Waals surface area (Å²) in [5.41, 5.74) is 34.7. The molecule has 83 heavy (non-hydrogen) atoms. The van der Waals surface area contributed by atoms with Gasteiger partial charge in [0.05, 0.1) is 0 Å². The Morgan fingerprint density at radius 2 is 0.639 bits per heavy atom. The Kier molecular flexibility index (Phi) is 30.9. The van der Waals surface area contributed by atoms with E-state index >= 15 is 0 Å². The van der Waals surface area contributed by atoms with Crippen LogP contribution in [0, 0.1) is 0 Å². The molecule has 0 atom stereocenters. The van der Waals surface area contributed by atoms with Crippen LogP contribution in [0.25, 0.3) is 0 Å². The van der Waals surface area contributed by atoms with Gasteiger partial charge in [-0.3, -0.25) is 0 Å². The van der Waals surface area contributed by atoms with Gasteiger partial charge in [0.15, 0.2) is 0 Å². The van der Waals surface area contributed by atoms with E-state index in [0.29, 0.717) is 50.5 Å². The van der Waals surface area contributed by atoms with Gasteiger partial charge >= 0.3 is 30.5 Å². The molecule has 0 unspecified atom stereocenters. The smallest absolute Gasteiger partial charge is 0.407 e. The van der Waals surface area contributed by atoms with Crippen molar-refractivity contribution in [1.82, 2.24) is 26.6 Å². The number of ether oxygens (including phenoxy) is 5. The molecule has 0 aliphatic rings. The quantitative estimate of drug-likeness (QED) is 0.0387. The Hall–Kier alpha value is -8.55. The Morgan fingerprint density at radius 3 is 1.01 bits per heavy atom. The third-order valence-electron chi connectivity index (χ3n) is 9.81. The largest absolute Gasteiger partial charge is 0.444 e. The van der Waals surface area contributed by atoms with Gasteiger partial charge in [0.1, 0.15) is 28.0 Å². The lowest BCUT2D eigenvalue weighted by atomic mass is 10.1. The molecule has 0 fully saturated rings. The summed E-state index contributed by atoms with van der Waals surface area (Å²) >= 11 is 0.